The van der Waals surface area contributed by atoms with Crippen LogP contribution in [0, 0.1) is 0 Å². The second-order valence-electron chi connectivity index (χ2n) is 4.46. The lowest BCUT2D eigenvalue weighted by molar-refractivity contribution is 0.587. The van der Waals surface area contributed by atoms with Crippen LogP contribution in [0.1, 0.15) is 6.92 Å². The molecule has 3 nitrogen and oxygen atoms in total. The van der Waals surface area contributed by atoms with E-state index in [1.807, 2.05) is 67.6 Å². The molecule has 0 amide bonds. The van der Waals surface area contributed by atoms with Crippen LogP contribution >= 0.6 is 0 Å². The topological polar surface area (TPSA) is 38.1 Å². The third kappa shape index (κ3) is 2.43. The summed E-state index contributed by atoms with van der Waals surface area (Å²) in [6.07, 6.45) is 0. The third-order valence-electron chi connectivity index (χ3n) is 3.04. The van der Waals surface area contributed by atoms with Gasteiger partial charge in [0.25, 0.3) is 6.01 Å². The monoisotopic (exact) mass is 264 g/mol. The summed E-state index contributed by atoms with van der Waals surface area (Å²) >= 11 is 0. The Kier molecular flexibility index (Phi) is 3.50. The van der Waals surface area contributed by atoms with Crippen molar-refractivity contribution in [2.75, 3.05) is 11.9 Å². The molecule has 0 fully saturated rings. The molecular formula is C17H16N2O. The molecule has 0 atom stereocenters. The van der Waals surface area contributed by atoms with Crippen LogP contribution < -0.4 is 5.32 Å². The van der Waals surface area contributed by atoms with Gasteiger partial charge in [-0.15, -0.1) is 0 Å². The molecular weight excluding hydrogens is 248 g/mol. The number of nitrogens with one attached hydrogen (secondary N) is 1. The maximum absolute atomic E-state index is 5.87. The van der Waals surface area contributed by atoms with Gasteiger partial charge in [0.05, 0.1) is 0 Å². The molecule has 100 valence electrons. The van der Waals surface area contributed by atoms with Crippen LogP contribution in [0.15, 0.2) is 65.1 Å². The maximum atomic E-state index is 5.87. The molecule has 0 aliphatic heterocycles. The first kappa shape index (κ1) is 12.5. The molecule has 0 spiro atoms. The minimum absolute atomic E-state index is 0.560. The van der Waals surface area contributed by atoms with E-state index in [1.165, 1.54) is 0 Å². The Hall–Kier alpha value is -2.55. The largest absolute Gasteiger partial charge is 0.423 e. The van der Waals surface area contributed by atoms with Crippen molar-refractivity contribution in [2.45, 2.75) is 6.92 Å². The van der Waals surface area contributed by atoms with E-state index in [0.29, 0.717) is 6.01 Å². The number of nitrogens with zero attached hydrogens (tertiary/aromatic N) is 1. The normalized spacial score (nSPS) is 10.4. The van der Waals surface area contributed by atoms with Crippen molar-refractivity contribution in [1.82, 2.24) is 4.98 Å². The molecule has 1 aromatic heterocycles. The minimum atomic E-state index is 0.560. The fourth-order valence-electron chi connectivity index (χ4n) is 2.12. The number of hydrogen-bond acceptors (Lipinski definition) is 3. The summed E-state index contributed by atoms with van der Waals surface area (Å²) in [5.74, 6) is 0.799. The molecule has 0 aliphatic carbocycles. The van der Waals surface area contributed by atoms with E-state index in [0.717, 1.165) is 29.1 Å². The highest BCUT2D eigenvalue weighted by Gasteiger charge is 2.16. The Labute approximate surface area is 118 Å². The second-order valence-corrected chi connectivity index (χ2v) is 4.46. The molecule has 3 heteroatoms. The summed E-state index contributed by atoms with van der Waals surface area (Å²) in [7, 11) is 0. The smallest absolute Gasteiger partial charge is 0.295 e. The fourth-order valence-corrected chi connectivity index (χ4v) is 2.12. The highest BCUT2D eigenvalue weighted by Crippen LogP contribution is 2.33. The average Bonchev–Trinajstić information content (AvgIpc) is 2.93. The second kappa shape index (κ2) is 5.61. The Balaban J connectivity index is 2.13. The summed E-state index contributed by atoms with van der Waals surface area (Å²) in [5, 5.41) is 3.13. The predicted molar refractivity (Wildman–Crippen MR) is 81.5 cm³/mol. The van der Waals surface area contributed by atoms with Gasteiger partial charge >= 0.3 is 0 Å². The first-order chi connectivity index (χ1) is 9.88. The van der Waals surface area contributed by atoms with Gasteiger partial charge in [-0.25, -0.2) is 0 Å². The van der Waals surface area contributed by atoms with Gasteiger partial charge < -0.3 is 9.73 Å². The summed E-state index contributed by atoms with van der Waals surface area (Å²) in [5.41, 5.74) is 2.95. The number of hydrogen-bond donors (Lipinski definition) is 1. The lowest BCUT2D eigenvalue weighted by Crippen LogP contribution is -1.95. The molecule has 3 rings (SSSR count). The summed E-state index contributed by atoms with van der Waals surface area (Å²) < 4.78 is 5.87. The molecule has 0 unspecified atom stereocenters. The quantitative estimate of drug-likeness (QED) is 0.757. The highest BCUT2D eigenvalue weighted by atomic mass is 16.4. The van der Waals surface area contributed by atoms with Gasteiger partial charge in [0.15, 0.2) is 5.76 Å². The maximum Gasteiger partial charge on any atom is 0.295 e. The van der Waals surface area contributed by atoms with Crippen molar-refractivity contribution < 1.29 is 4.42 Å². The highest BCUT2D eigenvalue weighted by molar-refractivity contribution is 5.77. The standard InChI is InChI=1S/C17H16N2O/c1-2-18-17-19-15(13-9-5-3-6-10-13)16(20-17)14-11-7-4-8-12-14/h3-12H,2H2,1H3,(H,18,19). The summed E-state index contributed by atoms with van der Waals surface area (Å²) in [4.78, 5) is 4.57. The Bertz CT molecular complexity index is 618. The van der Waals surface area contributed by atoms with Gasteiger partial charge in [-0.1, -0.05) is 60.7 Å². The Morgan fingerprint density at radius 1 is 0.900 bits per heavy atom. The molecule has 2 aromatic carbocycles. The zero-order valence-corrected chi connectivity index (χ0v) is 11.3. The Morgan fingerprint density at radius 3 is 2.10 bits per heavy atom. The SMILES string of the molecule is CCNc1nc(-c2ccccc2)c(-c2ccccc2)o1. The first-order valence-electron chi connectivity index (χ1n) is 6.74. The van der Waals surface area contributed by atoms with Gasteiger partial charge in [-0.2, -0.15) is 4.98 Å². The minimum Gasteiger partial charge on any atom is -0.423 e. The van der Waals surface area contributed by atoms with E-state index in [1.54, 1.807) is 0 Å². The number of anilines is 1. The van der Waals surface area contributed by atoms with Crippen LogP contribution in [0.4, 0.5) is 6.01 Å². The van der Waals surface area contributed by atoms with Crippen molar-refractivity contribution in [3.8, 4) is 22.6 Å². The zero-order chi connectivity index (χ0) is 13.8. The van der Waals surface area contributed by atoms with Crippen molar-refractivity contribution in [3.63, 3.8) is 0 Å². The van der Waals surface area contributed by atoms with Crippen molar-refractivity contribution in [1.29, 1.82) is 0 Å². The molecule has 0 bridgehead atoms. The van der Waals surface area contributed by atoms with Gasteiger partial charge in [-0.3, -0.25) is 0 Å². The zero-order valence-electron chi connectivity index (χ0n) is 11.3. The number of rotatable bonds is 4. The van der Waals surface area contributed by atoms with Crippen LogP contribution in [-0.4, -0.2) is 11.5 Å². The van der Waals surface area contributed by atoms with E-state index in [4.69, 9.17) is 4.42 Å². The van der Waals surface area contributed by atoms with Crippen molar-refractivity contribution in [2.24, 2.45) is 0 Å². The lowest BCUT2D eigenvalue weighted by Gasteiger charge is -2.00. The molecule has 0 saturated heterocycles. The molecule has 1 N–H and O–H groups in total. The summed E-state index contributed by atoms with van der Waals surface area (Å²) in [6, 6.07) is 20.7. The van der Waals surface area contributed by atoms with Crippen LogP contribution in [0.25, 0.3) is 22.6 Å². The van der Waals surface area contributed by atoms with Crippen LogP contribution in [0.3, 0.4) is 0 Å². The van der Waals surface area contributed by atoms with E-state index in [2.05, 4.69) is 10.3 Å². The summed E-state index contributed by atoms with van der Waals surface area (Å²) in [6.45, 7) is 2.80. The van der Waals surface area contributed by atoms with E-state index < -0.39 is 0 Å². The molecule has 20 heavy (non-hydrogen) atoms. The molecule has 3 aromatic rings. The molecule has 1 heterocycles. The van der Waals surface area contributed by atoms with Crippen LogP contribution in [-0.2, 0) is 0 Å². The number of benzene rings is 2. The van der Waals surface area contributed by atoms with Gasteiger partial charge in [0.1, 0.15) is 5.69 Å². The fraction of sp³-hybridized carbons (Fsp3) is 0.118. The third-order valence-corrected chi connectivity index (χ3v) is 3.04. The number of oxazole rings is 1. The van der Waals surface area contributed by atoms with Crippen molar-refractivity contribution >= 4 is 6.01 Å². The first-order valence-corrected chi connectivity index (χ1v) is 6.74. The lowest BCUT2D eigenvalue weighted by atomic mass is 10.1. The molecule has 0 aliphatic rings. The van der Waals surface area contributed by atoms with E-state index in [9.17, 15) is 0 Å². The van der Waals surface area contributed by atoms with Gasteiger partial charge in [0, 0.05) is 17.7 Å². The van der Waals surface area contributed by atoms with Crippen LogP contribution in [0.5, 0.6) is 0 Å². The Morgan fingerprint density at radius 2 is 1.50 bits per heavy atom. The molecule has 0 saturated carbocycles. The predicted octanol–water partition coefficient (Wildman–Crippen LogP) is 4.44. The average molecular weight is 264 g/mol. The van der Waals surface area contributed by atoms with Gasteiger partial charge in [0.2, 0.25) is 0 Å². The molecule has 0 radical (unpaired) electrons. The van der Waals surface area contributed by atoms with Crippen LogP contribution in [0.2, 0.25) is 0 Å². The van der Waals surface area contributed by atoms with Crippen molar-refractivity contribution in [3.05, 3.63) is 60.7 Å². The number of aromatic nitrogens is 1. The van der Waals surface area contributed by atoms with Gasteiger partial charge in [-0.05, 0) is 6.92 Å². The van der Waals surface area contributed by atoms with E-state index in [-0.39, 0.29) is 0 Å². The van der Waals surface area contributed by atoms with E-state index >= 15 is 0 Å².